The van der Waals surface area contributed by atoms with E-state index in [2.05, 4.69) is 5.32 Å². The van der Waals surface area contributed by atoms with Gasteiger partial charge in [-0.15, -0.1) is 0 Å². The van der Waals surface area contributed by atoms with E-state index in [1.807, 2.05) is 0 Å². The SMILES string of the molecule is CCC1(C)NC(=O)N(Cc2cccc([N+](=O)[O-])c2F)C1=O. The van der Waals surface area contributed by atoms with Gasteiger partial charge in [-0.05, 0) is 13.3 Å². The molecular weight excluding hydrogens is 281 g/mol. The highest BCUT2D eigenvalue weighted by Crippen LogP contribution is 2.26. The van der Waals surface area contributed by atoms with Gasteiger partial charge in [-0.1, -0.05) is 19.1 Å². The summed E-state index contributed by atoms with van der Waals surface area (Å²) < 4.78 is 14.0. The number of nitrogens with one attached hydrogen (secondary N) is 1. The number of benzene rings is 1. The fourth-order valence-electron chi connectivity index (χ4n) is 2.13. The number of hydrogen-bond donors (Lipinski definition) is 1. The highest BCUT2D eigenvalue weighted by molar-refractivity contribution is 6.06. The summed E-state index contributed by atoms with van der Waals surface area (Å²) in [7, 11) is 0. The molecule has 1 aliphatic heterocycles. The molecule has 1 aromatic rings. The number of urea groups is 1. The van der Waals surface area contributed by atoms with Crippen LogP contribution in [0.25, 0.3) is 0 Å². The minimum absolute atomic E-state index is 0.0759. The van der Waals surface area contributed by atoms with E-state index in [-0.39, 0.29) is 12.1 Å². The minimum atomic E-state index is -1.03. The molecule has 8 heteroatoms. The average Bonchev–Trinajstić information content (AvgIpc) is 2.64. The van der Waals surface area contributed by atoms with E-state index in [0.717, 1.165) is 11.0 Å². The lowest BCUT2D eigenvalue weighted by molar-refractivity contribution is -0.387. The zero-order valence-corrected chi connectivity index (χ0v) is 11.6. The lowest BCUT2D eigenvalue weighted by atomic mass is 9.99. The summed E-state index contributed by atoms with van der Waals surface area (Å²) in [4.78, 5) is 34.7. The third-order valence-corrected chi connectivity index (χ3v) is 3.64. The lowest BCUT2D eigenvalue weighted by Gasteiger charge is -2.19. The van der Waals surface area contributed by atoms with E-state index in [0.29, 0.717) is 6.42 Å². The van der Waals surface area contributed by atoms with Crippen molar-refractivity contribution < 1.29 is 18.9 Å². The van der Waals surface area contributed by atoms with Gasteiger partial charge in [-0.25, -0.2) is 4.79 Å². The minimum Gasteiger partial charge on any atom is -0.323 e. The molecule has 0 spiro atoms. The Kier molecular flexibility index (Phi) is 3.63. The van der Waals surface area contributed by atoms with Crippen molar-refractivity contribution in [3.8, 4) is 0 Å². The van der Waals surface area contributed by atoms with Gasteiger partial charge in [-0.3, -0.25) is 19.8 Å². The van der Waals surface area contributed by atoms with Crippen LogP contribution in [0.5, 0.6) is 0 Å². The topological polar surface area (TPSA) is 92.6 Å². The molecule has 1 atom stereocenters. The van der Waals surface area contributed by atoms with Gasteiger partial charge < -0.3 is 5.32 Å². The molecular formula is C13H14FN3O4. The summed E-state index contributed by atoms with van der Waals surface area (Å²) in [6.07, 6.45) is 0.394. The van der Waals surface area contributed by atoms with Crippen LogP contribution in [0.4, 0.5) is 14.9 Å². The van der Waals surface area contributed by atoms with Crippen LogP contribution in [0.3, 0.4) is 0 Å². The maximum absolute atomic E-state index is 14.0. The molecule has 0 aliphatic carbocycles. The Hall–Kier alpha value is -2.51. The summed E-state index contributed by atoms with van der Waals surface area (Å²) in [5.74, 6) is -1.51. The van der Waals surface area contributed by atoms with Crippen molar-refractivity contribution in [2.45, 2.75) is 32.4 Å². The van der Waals surface area contributed by atoms with Crippen LogP contribution in [-0.2, 0) is 11.3 Å². The fraction of sp³-hybridized carbons (Fsp3) is 0.385. The number of halogens is 1. The molecule has 0 bridgehead atoms. The van der Waals surface area contributed by atoms with Crippen LogP contribution in [0.15, 0.2) is 18.2 Å². The number of amides is 3. The highest BCUT2D eigenvalue weighted by Gasteiger charge is 2.46. The molecule has 1 N–H and O–H groups in total. The third kappa shape index (κ3) is 2.44. The number of nitro groups is 1. The quantitative estimate of drug-likeness (QED) is 0.522. The first kappa shape index (κ1) is 14.9. The molecule has 112 valence electrons. The summed E-state index contributed by atoms with van der Waals surface area (Å²) >= 11 is 0. The van der Waals surface area contributed by atoms with Crippen molar-refractivity contribution in [1.29, 1.82) is 0 Å². The zero-order chi connectivity index (χ0) is 15.8. The first-order chi connectivity index (χ1) is 9.80. The van der Waals surface area contributed by atoms with Gasteiger partial charge in [0.05, 0.1) is 11.5 Å². The Morgan fingerprint density at radius 1 is 1.43 bits per heavy atom. The Morgan fingerprint density at radius 3 is 2.62 bits per heavy atom. The number of imide groups is 1. The molecule has 1 unspecified atom stereocenters. The molecule has 0 saturated carbocycles. The molecule has 1 saturated heterocycles. The maximum atomic E-state index is 14.0. The molecule has 7 nitrogen and oxygen atoms in total. The second kappa shape index (κ2) is 5.12. The standard InChI is InChI=1S/C13H14FN3O4/c1-3-13(2)11(18)16(12(19)15-13)7-8-5-4-6-9(10(8)14)17(20)21/h4-6H,3,7H2,1-2H3,(H,15,19). The van der Waals surface area contributed by atoms with Crippen LogP contribution < -0.4 is 5.32 Å². The van der Waals surface area contributed by atoms with Gasteiger partial charge >= 0.3 is 11.7 Å². The monoisotopic (exact) mass is 295 g/mol. The lowest BCUT2D eigenvalue weighted by Crippen LogP contribution is -2.43. The van der Waals surface area contributed by atoms with Crippen molar-refractivity contribution in [3.63, 3.8) is 0 Å². The molecule has 1 fully saturated rings. The first-order valence-electron chi connectivity index (χ1n) is 6.36. The van der Waals surface area contributed by atoms with Crippen LogP contribution in [0.2, 0.25) is 0 Å². The molecule has 1 aliphatic rings. The van der Waals surface area contributed by atoms with Gasteiger partial charge in [0.15, 0.2) is 0 Å². The van der Waals surface area contributed by atoms with E-state index in [1.54, 1.807) is 13.8 Å². The highest BCUT2D eigenvalue weighted by atomic mass is 19.1. The first-order valence-corrected chi connectivity index (χ1v) is 6.36. The van der Waals surface area contributed by atoms with Gasteiger partial charge in [0.25, 0.3) is 5.91 Å². The Morgan fingerprint density at radius 2 is 2.10 bits per heavy atom. The van der Waals surface area contributed by atoms with Crippen molar-refractivity contribution in [2.75, 3.05) is 0 Å². The Bertz CT molecular complexity index is 634. The van der Waals surface area contributed by atoms with Crippen LogP contribution in [0, 0.1) is 15.9 Å². The number of nitro benzene ring substituents is 1. The fourth-order valence-corrected chi connectivity index (χ4v) is 2.13. The van der Waals surface area contributed by atoms with Crippen molar-refractivity contribution in [2.24, 2.45) is 0 Å². The average molecular weight is 295 g/mol. The molecule has 0 radical (unpaired) electrons. The van der Waals surface area contributed by atoms with Crippen LogP contribution >= 0.6 is 0 Å². The smallest absolute Gasteiger partial charge is 0.323 e. The van der Waals surface area contributed by atoms with Gasteiger partial charge in [0.1, 0.15) is 5.54 Å². The Labute approximate surface area is 119 Å². The summed E-state index contributed by atoms with van der Waals surface area (Å²) in [5.41, 5.74) is -1.78. The van der Waals surface area contributed by atoms with E-state index in [9.17, 15) is 24.1 Å². The van der Waals surface area contributed by atoms with Crippen LogP contribution in [-0.4, -0.2) is 27.3 Å². The van der Waals surface area contributed by atoms with E-state index in [4.69, 9.17) is 0 Å². The normalized spacial score (nSPS) is 21.6. The number of nitrogens with zero attached hydrogens (tertiary/aromatic N) is 2. The number of rotatable bonds is 4. The van der Waals surface area contributed by atoms with Crippen molar-refractivity contribution in [1.82, 2.24) is 10.2 Å². The number of hydrogen-bond acceptors (Lipinski definition) is 4. The van der Waals surface area contributed by atoms with Crippen molar-refractivity contribution in [3.05, 3.63) is 39.7 Å². The largest absolute Gasteiger partial charge is 0.325 e. The molecule has 1 aromatic carbocycles. The second-order valence-electron chi connectivity index (χ2n) is 5.01. The predicted octanol–water partition coefficient (Wildman–Crippen LogP) is 1.95. The third-order valence-electron chi connectivity index (χ3n) is 3.64. The Balaban J connectivity index is 2.31. The number of carbonyl (C=O) groups is 2. The second-order valence-corrected chi connectivity index (χ2v) is 5.01. The van der Waals surface area contributed by atoms with E-state index >= 15 is 0 Å². The predicted molar refractivity (Wildman–Crippen MR) is 70.8 cm³/mol. The van der Waals surface area contributed by atoms with E-state index < -0.39 is 33.9 Å². The van der Waals surface area contributed by atoms with Crippen LogP contribution in [0.1, 0.15) is 25.8 Å². The zero-order valence-electron chi connectivity index (χ0n) is 11.6. The maximum Gasteiger partial charge on any atom is 0.325 e. The molecule has 0 aromatic heterocycles. The van der Waals surface area contributed by atoms with Gasteiger partial charge in [0, 0.05) is 11.6 Å². The molecule has 3 amide bonds. The summed E-state index contributed by atoms with van der Waals surface area (Å²) in [6.45, 7) is 2.99. The summed E-state index contributed by atoms with van der Waals surface area (Å²) in [5, 5.41) is 13.2. The van der Waals surface area contributed by atoms with Gasteiger partial charge in [0.2, 0.25) is 5.82 Å². The van der Waals surface area contributed by atoms with Crippen molar-refractivity contribution >= 4 is 17.6 Å². The molecule has 21 heavy (non-hydrogen) atoms. The summed E-state index contributed by atoms with van der Waals surface area (Å²) in [6, 6.07) is 3.02. The van der Waals surface area contributed by atoms with E-state index in [1.165, 1.54) is 12.1 Å². The molecule has 1 heterocycles. The van der Waals surface area contributed by atoms with Gasteiger partial charge in [-0.2, -0.15) is 4.39 Å². The molecule has 2 rings (SSSR count). The number of carbonyl (C=O) groups excluding carboxylic acids is 2.